The molecule has 0 saturated carbocycles. The lowest BCUT2D eigenvalue weighted by atomic mass is 9.88. The molecule has 1 aliphatic heterocycles. The van der Waals surface area contributed by atoms with Crippen LogP contribution in [0.1, 0.15) is 39.5 Å². The molecule has 0 spiro atoms. The highest BCUT2D eigenvalue weighted by molar-refractivity contribution is 5.76. The minimum absolute atomic E-state index is 0.156. The number of carbonyl (C=O) groups is 1. The van der Waals surface area contributed by atoms with Crippen LogP contribution in [0.15, 0.2) is 0 Å². The molecule has 1 amide bonds. The Morgan fingerprint density at radius 2 is 2.24 bits per heavy atom. The van der Waals surface area contributed by atoms with E-state index >= 15 is 0 Å². The van der Waals surface area contributed by atoms with Gasteiger partial charge in [-0.2, -0.15) is 0 Å². The van der Waals surface area contributed by atoms with Gasteiger partial charge in [0.05, 0.1) is 12.6 Å². The van der Waals surface area contributed by atoms with Crippen LogP contribution in [-0.4, -0.2) is 31.7 Å². The number of hydrogen-bond acceptors (Lipinski definition) is 3. The molecule has 0 aromatic rings. The fourth-order valence-electron chi connectivity index (χ4n) is 2.29. The fourth-order valence-corrected chi connectivity index (χ4v) is 2.29. The van der Waals surface area contributed by atoms with Crippen LogP contribution < -0.4 is 11.1 Å². The summed E-state index contributed by atoms with van der Waals surface area (Å²) in [6, 6.07) is 0.231. The minimum atomic E-state index is 0.156. The van der Waals surface area contributed by atoms with Gasteiger partial charge in [-0.25, -0.2) is 0 Å². The van der Waals surface area contributed by atoms with Gasteiger partial charge in [0.2, 0.25) is 5.91 Å². The number of amides is 1. The normalized spacial score (nSPS) is 21.8. The Kier molecular flexibility index (Phi) is 6.52. The van der Waals surface area contributed by atoms with Crippen LogP contribution >= 0.6 is 0 Å². The summed E-state index contributed by atoms with van der Waals surface area (Å²) in [6.07, 6.45) is 3.51. The van der Waals surface area contributed by atoms with E-state index in [4.69, 9.17) is 10.5 Å². The van der Waals surface area contributed by atoms with Crippen molar-refractivity contribution in [2.75, 3.05) is 19.8 Å². The predicted molar refractivity (Wildman–Crippen MR) is 68.6 cm³/mol. The number of nitrogens with one attached hydrogen (secondary N) is 1. The average molecular weight is 242 g/mol. The third-order valence-electron chi connectivity index (χ3n) is 3.52. The van der Waals surface area contributed by atoms with E-state index in [0.717, 1.165) is 25.9 Å². The third kappa shape index (κ3) is 5.50. The Morgan fingerprint density at radius 1 is 1.47 bits per heavy atom. The highest BCUT2D eigenvalue weighted by atomic mass is 16.5. The first-order valence-corrected chi connectivity index (χ1v) is 6.70. The van der Waals surface area contributed by atoms with E-state index in [-0.39, 0.29) is 11.9 Å². The lowest BCUT2D eigenvalue weighted by Gasteiger charge is -2.20. The van der Waals surface area contributed by atoms with Crippen molar-refractivity contribution >= 4 is 5.91 Å². The Morgan fingerprint density at radius 3 is 2.76 bits per heavy atom. The third-order valence-corrected chi connectivity index (χ3v) is 3.52. The second-order valence-electron chi connectivity index (χ2n) is 5.25. The average Bonchev–Trinajstić information content (AvgIpc) is 2.76. The second kappa shape index (κ2) is 7.67. The van der Waals surface area contributed by atoms with E-state index in [2.05, 4.69) is 19.2 Å². The van der Waals surface area contributed by atoms with Crippen molar-refractivity contribution in [3.05, 3.63) is 0 Å². The topological polar surface area (TPSA) is 64.4 Å². The molecule has 0 aliphatic carbocycles. The molecule has 1 heterocycles. The number of rotatable bonds is 7. The zero-order chi connectivity index (χ0) is 12.7. The molecular weight excluding hydrogens is 216 g/mol. The lowest BCUT2D eigenvalue weighted by Crippen LogP contribution is -2.35. The van der Waals surface area contributed by atoms with Gasteiger partial charge in [0, 0.05) is 13.0 Å². The summed E-state index contributed by atoms with van der Waals surface area (Å²) in [4.78, 5) is 11.7. The summed E-state index contributed by atoms with van der Waals surface area (Å²) in [5.41, 5.74) is 5.59. The molecule has 1 rings (SSSR count). The summed E-state index contributed by atoms with van der Waals surface area (Å²) in [5, 5.41) is 3.02. The van der Waals surface area contributed by atoms with Crippen molar-refractivity contribution in [1.29, 1.82) is 0 Å². The largest absolute Gasteiger partial charge is 0.379 e. The zero-order valence-corrected chi connectivity index (χ0v) is 11.1. The van der Waals surface area contributed by atoms with Gasteiger partial charge in [0.25, 0.3) is 0 Å². The monoisotopic (exact) mass is 242 g/mol. The Labute approximate surface area is 104 Å². The first-order chi connectivity index (χ1) is 8.13. The van der Waals surface area contributed by atoms with E-state index in [1.165, 1.54) is 0 Å². The van der Waals surface area contributed by atoms with Crippen LogP contribution in [-0.2, 0) is 9.53 Å². The molecule has 0 radical (unpaired) electrons. The highest BCUT2D eigenvalue weighted by Crippen LogP contribution is 2.20. The minimum Gasteiger partial charge on any atom is -0.379 e. The first kappa shape index (κ1) is 14.5. The maximum atomic E-state index is 11.7. The van der Waals surface area contributed by atoms with Crippen molar-refractivity contribution < 1.29 is 9.53 Å². The second-order valence-corrected chi connectivity index (χ2v) is 5.25. The van der Waals surface area contributed by atoms with Crippen molar-refractivity contribution in [3.63, 3.8) is 0 Å². The van der Waals surface area contributed by atoms with Crippen LogP contribution in [0.3, 0.4) is 0 Å². The number of ether oxygens (including phenoxy) is 1. The van der Waals surface area contributed by atoms with Crippen LogP contribution in [0.25, 0.3) is 0 Å². The van der Waals surface area contributed by atoms with E-state index in [0.29, 0.717) is 31.4 Å². The van der Waals surface area contributed by atoms with E-state index in [1.807, 2.05) is 0 Å². The van der Waals surface area contributed by atoms with Crippen LogP contribution in [0.5, 0.6) is 0 Å². The molecule has 0 aromatic carbocycles. The molecule has 0 aromatic heterocycles. The van der Waals surface area contributed by atoms with E-state index < -0.39 is 0 Å². The van der Waals surface area contributed by atoms with Crippen molar-refractivity contribution in [2.45, 2.75) is 45.6 Å². The number of nitrogens with two attached hydrogens (primary N) is 1. The van der Waals surface area contributed by atoms with Gasteiger partial charge in [0.1, 0.15) is 0 Å². The van der Waals surface area contributed by atoms with E-state index in [9.17, 15) is 4.79 Å². The molecule has 1 fully saturated rings. The molecular formula is C13H26N2O2. The van der Waals surface area contributed by atoms with Gasteiger partial charge in [-0.05, 0) is 37.6 Å². The lowest BCUT2D eigenvalue weighted by molar-refractivity contribution is -0.122. The van der Waals surface area contributed by atoms with E-state index in [1.54, 1.807) is 0 Å². The van der Waals surface area contributed by atoms with Crippen molar-refractivity contribution in [2.24, 2.45) is 17.6 Å². The molecule has 0 bridgehead atoms. The molecule has 4 heteroatoms. The van der Waals surface area contributed by atoms with Gasteiger partial charge in [0.15, 0.2) is 0 Å². The quantitative estimate of drug-likeness (QED) is 0.707. The smallest absolute Gasteiger partial charge is 0.220 e. The Balaban J connectivity index is 2.20. The highest BCUT2D eigenvalue weighted by Gasteiger charge is 2.19. The van der Waals surface area contributed by atoms with Gasteiger partial charge < -0.3 is 15.8 Å². The predicted octanol–water partition coefficient (Wildman–Crippen LogP) is 1.29. The Bertz CT molecular complexity index is 225. The summed E-state index contributed by atoms with van der Waals surface area (Å²) in [5.74, 6) is 1.31. The van der Waals surface area contributed by atoms with Gasteiger partial charge >= 0.3 is 0 Å². The van der Waals surface area contributed by atoms with Gasteiger partial charge in [-0.15, -0.1) is 0 Å². The molecule has 2 atom stereocenters. The van der Waals surface area contributed by atoms with Crippen molar-refractivity contribution in [3.8, 4) is 0 Å². The van der Waals surface area contributed by atoms with Crippen LogP contribution in [0.2, 0.25) is 0 Å². The summed E-state index contributed by atoms with van der Waals surface area (Å²) < 4.78 is 5.23. The number of hydrogen-bond donors (Lipinski definition) is 2. The summed E-state index contributed by atoms with van der Waals surface area (Å²) >= 11 is 0. The molecule has 2 unspecified atom stereocenters. The summed E-state index contributed by atoms with van der Waals surface area (Å²) in [6.45, 7) is 6.54. The SMILES string of the molecule is CC(C)C(CCN)CCC(=O)NC1CCOC1. The molecule has 100 valence electrons. The molecule has 1 saturated heterocycles. The molecule has 1 aliphatic rings. The Hall–Kier alpha value is -0.610. The van der Waals surface area contributed by atoms with Gasteiger partial charge in [-0.3, -0.25) is 4.79 Å². The zero-order valence-electron chi connectivity index (χ0n) is 11.1. The molecule has 3 N–H and O–H groups in total. The first-order valence-electron chi connectivity index (χ1n) is 6.70. The summed E-state index contributed by atoms with van der Waals surface area (Å²) in [7, 11) is 0. The maximum absolute atomic E-state index is 11.7. The fraction of sp³-hybridized carbons (Fsp3) is 0.923. The molecule has 17 heavy (non-hydrogen) atoms. The maximum Gasteiger partial charge on any atom is 0.220 e. The van der Waals surface area contributed by atoms with Gasteiger partial charge in [-0.1, -0.05) is 13.8 Å². The standard InChI is InChI=1S/C13H26N2O2/c1-10(2)11(5-7-14)3-4-13(16)15-12-6-8-17-9-12/h10-12H,3-9,14H2,1-2H3,(H,15,16). The molecule has 4 nitrogen and oxygen atoms in total. The van der Waals surface area contributed by atoms with Crippen molar-refractivity contribution in [1.82, 2.24) is 5.32 Å². The van der Waals surface area contributed by atoms with Crippen LogP contribution in [0.4, 0.5) is 0 Å². The number of carbonyl (C=O) groups excluding carboxylic acids is 1. The van der Waals surface area contributed by atoms with Crippen LogP contribution in [0, 0.1) is 11.8 Å².